The van der Waals surface area contributed by atoms with Crippen LogP contribution in [0.5, 0.6) is 5.75 Å². The Balaban J connectivity index is 2.29. The molecule has 0 spiro atoms. The van der Waals surface area contributed by atoms with E-state index in [-0.39, 0.29) is 17.5 Å². The van der Waals surface area contributed by atoms with E-state index in [0.717, 1.165) is 19.3 Å². The first kappa shape index (κ1) is 18.8. The highest BCUT2D eigenvalue weighted by Gasteiger charge is 2.38. The SMILES string of the molecule is C=CC(=O)N1C[C@@H](C)C[C@H]1C(=O)Nc1cccc(C(F)(F)F)c1OC. The summed E-state index contributed by atoms with van der Waals surface area (Å²) >= 11 is 0. The Morgan fingerprint density at radius 3 is 2.64 bits per heavy atom. The highest BCUT2D eigenvalue weighted by atomic mass is 19.4. The number of rotatable bonds is 4. The molecule has 1 aromatic carbocycles. The molecular weight excluding hydrogens is 337 g/mol. The zero-order valence-corrected chi connectivity index (χ0v) is 13.9. The second-order valence-corrected chi connectivity index (χ2v) is 5.92. The maximum Gasteiger partial charge on any atom is 0.420 e. The van der Waals surface area contributed by atoms with Crippen molar-refractivity contribution in [2.75, 3.05) is 19.0 Å². The fraction of sp³-hybridized carbons (Fsp3) is 0.412. The lowest BCUT2D eigenvalue weighted by atomic mass is 10.1. The molecule has 1 saturated heterocycles. The third kappa shape index (κ3) is 3.94. The van der Waals surface area contributed by atoms with Crippen molar-refractivity contribution in [2.24, 2.45) is 5.92 Å². The van der Waals surface area contributed by atoms with Gasteiger partial charge in [0, 0.05) is 6.54 Å². The summed E-state index contributed by atoms with van der Waals surface area (Å²) in [5.41, 5.74) is -1.07. The number of alkyl halides is 3. The Bertz CT molecular complexity index is 688. The highest BCUT2D eigenvalue weighted by molar-refractivity contribution is 6.00. The minimum absolute atomic E-state index is 0.0899. The second kappa shape index (κ2) is 7.16. The number of halogens is 3. The predicted octanol–water partition coefficient (Wildman–Crippen LogP) is 3.08. The van der Waals surface area contributed by atoms with Gasteiger partial charge in [-0.05, 0) is 30.5 Å². The Morgan fingerprint density at radius 1 is 1.40 bits per heavy atom. The van der Waals surface area contributed by atoms with Crippen molar-refractivity contribution in [3.63, 3.8) is 0 Å². The molecule has 2 amide bonds. The Morgan fingerprint density at radius 2 is 2.08 bits per heavy atom. The quantitative estimate of drug-likeness (QED) is 0.844. The average molecular weight is 356 g/mol. The first-order valence-corrected chi connectivity index (χ1v) is 7.67. The molecule has 2 atom stereocenters. The molecule has 8 heteroatoms. The summed E-state index contributed by atoms with van der Waals surface area (Å²) < 4.78 is 44.0. The number of nitrogens with one attached hydrogen (secondary N) is 1. The van der Waals surface area contributed by atoms with Gasteiger partial charge in [-0.15, -0.1) is 0 Å². The van der Waals surface area contributed by atoms with Gasteiger partial charge in [-0.3, -0.25) is 9.59 Å². The van der Waals surface area contributed by atoms with Gasteiger partial charge in [0.15, 0.2) is 5.75 Å². The number of hydrogen-bond donors (Lipinski definition) is 1. The van der Waals surface area contributed by atoms with Crippen LogP contribution in [0, 0.1) is 5.92 Å². The van der Waals surface area contributed by atoms with Crippen molar-refractivity contribution in [1.29, 1.82) is 0 Å². The normalized spacial score (nSPS) is 20.3. The van der Waals surface area contributed by atoms with Crippen LogP contribution in [-0.2, 0) is 15.8 Å². The van der Waals surface area contributed by atoms with E-state index in [4.69, 9.17) is 4.74 Å². The van der Waals surface area contributed by atoms with Crippen LogP contribution in [0.15, 0.2) is 30.9 Å². The lowest BCUT2D eigenvalue weighted by Crippen LogP contribution is -2.42. The molecule has 0 bridgehead atoms. The number of amides is 2. The van der Waals surface area contributed by atoms with Crippen molar-refractivity contribution in [3.05, 3.63) is 36.4 Å². The number of carbonyl (C=O) groups excluding carboxylic acids is 2. The van der Waals surface area contributed by atoms with Crippen molar-refractivity contribution in [1.82, 2.24) is 4.90 Å². The van der Waals surface area contributed by atoms with Crippen LogP contribution in [0.4, 0.5) is 18.9 Å². The molecular formula is C17H19F3N2O3. The summed E-state index contributed by atoms with van der Waals surface area (Å²) in [7, 11) is 1.10. The van der Waals surface area contributed by atoms with E-state index < -0.39 is 29.4 Å². The van der Waals surface area contributed by atoms with Gasteiger partial charge in [0.25, 0.3) is 0 Å². The molecule has 0 saturated carbocycles. The molecule has 1 fully saturated rings. The summed E-state index contributed by atoms with van der Waals surface area (Å²) in [6.45, 7) is 5.69. The van der Waals surface area contributed by atoms with E-state index in [0.29, 0.717) is 13.0 Å². The maximum atomic E-state index is 13.1. The van der Waals surface area contributed by atoms with Crippen LogP contribution >= 0.6 is 0 Å². The van der Waals surface area contributed by atoms with E-state index in [2.05, 4.69) is 11.9 Å². The smallest absolute Gasteiger partial charge is 0.420 e. The number of carbonyl (C=O) groups is 2. The van der Waals surface area contributed by atoms with Crippen molar-refractivity contribution in [3.8, 4) is 5.75 Å². The number of hydrogen-bond acceptors (Lipinski definition) is 3. The summed E-state index contributed by atoms with van der Waals surface area (Å²) in [6, 6.07) is 2.62. The summed E-state index contributed by atoms with van der Waals surface area (Å²) in [4.78, 5) is 25.8. The second-order valence-electron chi connectivity index (χ2n) is 5.92. The van der Waals surface area contributed by atoms with Crippen LogP contribution in [-0.4, -0.2) is 36.4 Å². The standard InChI is InChI=1S/C17H19F3N2O3/c1-4-14(23)22-9-10(2)8-13(22)16(24)21-12-7-5-6-11(15(12)25-3)17(18,19)20/h4-7,10,13H,1,8-9H2,2-3H3,(H,21,24)/t10-,13-/m0/s1. The largest absolute Gasteiger partial charge is 0.494 e. The average Bonchev–Trinajstić information content (AvgIpc) is 2.95. The lowest BCUT2D eigenvalue weighted by molar-refractivity contribution is -0.138. The predicted molar refractivity (Wildman–Crippen MR) is 86.1 cm³/mol. The third-order valence-electron chi connectivity index (χ3n) is 4.05. The molecule has 1 aliphatic heterocycles. The van der Waals surface area contributed by atoms with Gasteiger partial charge in [0.2, 0.25) is 11.8 Å². The third-order valence-corrected chi connectivity index (χ3v) is 4.05. The van der Waals surface area contributed by atoms with Gasteiger partial charge < -0.3 is 15.0 Å². The molecule has 1 aromatic rings. The zero-order valence-electron chi connectivity index (χ0n) is 13.9. The number of benzene rings is 1. The van der Waals surface area contributed by atoms with Gasteiger partial charge in [0.1, 0.15) is 6.04 Å². The molecule has 1 N–H and O–H groups in total. The Kier molecular flexibility index (Phi) is 5.39. The fourth-order valence-corrected chi connectivity index (χ4v) is 2.95. The van der Waals surface area contributed by atoms with Crippen molar-refractivity contribution >= 4 is 17.5 Å². The van der Waals surface area contributed by atoms with Gasteiger partial charge in [-0.1, -0.05) is 19.6 Å². The molecule has 0 radical (unpaired) electrons. The summed E-state index contributed by atoms with van der Waals surface area (Å²) in [5.74, 6) is -1.31. The van der Waals surface area contributed by atoms with E-state index >= 15 is 0 Å². The fourth-order valence-electron chi connectivity index (χ4n) is 2.95. The topological polar surface area (TPSA) is 58.6 Å². The minimum atomic E-state index is -4.61. The van der Waals surface area contributed by atoms with E-state index in [1.165, 1.54) is 17.0 Å². The van der Waals surface area contributed by atoms with Gasteiger partial charge in [0.05, 0.1) is 18.4 Å². The molecule has 0 unspecified atom stereocenters. The molecule has 2 rings (SSSR count). The number of methoxy groups -OCH3 is 1. The van der Waals surface area contributed by atoms with Crippen LogP contribution in [0.3, 0.4) is 0 Å². The molecule has 136 valence electrons. The van der Waals surface area contributed by atoms with Gasteiger partial charge in [-0.2, -0.15) is 13.2 Å². The number of anilines is 1. The minimum Gasteiger partial charge on any atom is -0.494 e. The van der Waals surface area contributed by atoms with Crippen molar-refractivity contribution in [2.45, 2.75) is 25.6 Å². The molecule has 1 heterocycles. The Labute approximate surface area is 143 Å². The molecule has 0 aliphatic carbocycles. The first-order valence-electron chi connectivity index (χ1n) is 7.67. The molecule has 5 nitrogen and oxygen atoms in total. The maximum absolute atomic E-state index is 13.1. The van der Waals surface area contributed by atoms with Crippen LogP contribution in [0.2, 0.25) is 0 Å². The lowest BCUT2D eigenvalue weighted by Gasteiger charge is -2.23. The monoisotopic (exact) mass is 356 g/mol. The molecule has 1 aliphatic rings. The summed E-state index contributed by atoms with van der Waals surface area (Å²) in [6.07, 6.45) is -3.07. The van der Waals surface area contributed by atoms with Gasteiger partial charge >= 0.3 is 6.18 Å². The highest BCUT2D eigenvalue weighted by Crippen LogP contribution is 2.40. The number of para-hydroxylation sites is 1. The first-order chi connectivity index (χ1) is 11.7. The number of likely N-dealkylation sites (tertiary alicyclic amines) is 1. The number of nitrogens with zero attached hydrogens (tertiary/aromatic N) is 1. The van der Waals surface area contributed by atoms with E-state index in [1.807, 2.05) is 6.92 Å². The van der Waals surface area contributed by atoms with E-state index in [9.17, 15) is 22.8 Å². The number of ether oxygens (including phenoxy) is 1. The van der Waals surface area contributed by atoms with Crippen LogP contribution in [0.1, 0.15) is 18.9 Å². The van der Waals surface area contributed by atoms with Crippen molar-refractivity contribution < 1.29 is 27.5 Å². The summed E-state index contributed by atoms with van der Waals surface area (Å²) in [5, 5.41) is 2.45. The zero-order chi connectivity index (χ0) is 18.8. The Hall–Kier alpha value is -2.51. The van der Waals surface area contributed by atoms with Gasteiger partial charge in [-0.25, -0.2) is 0 Å². The van der Waals surface area contributed by atoms with Crippen LogP contribution < -0.4 is 10.1 Å². The molecule has 0 aromatic heterocycles. The van der Waals surface area contributed by atoms with E-state index in [1.54, 1.807) is 0 Å². The molecule has 25 heavy (non-hydrogen) atoms. The van der Waals surface area contributed by atoms with Crippen LogP contribution in [0.25, 0.3) is 0 Å².